The molecule has 0 saturated carbocycles. The normalized spacial score (nSPS) is 22.1. The van der Waals surface area contributed by atoms with E-state index in [1.807, 2.05) is 0 Å². The molecule has 1 atom stereocenters. The van der Waals surface area contributed by atoms with Gasteiger partial charge in [-0.3, -0.25) is 4.79 Å². The van der Waals surface area contributed by atoms with Gasteiger partial charge in [0.15, 0.2) is 0 Å². The van der Waals surface area contributed by atoms with Crippen molar-refractivity contribution in [3.63, 3.8) is 0 Å². The van der Waals surface area contributed by atoms with Gasteiger partial charge >= 0.3 is 5.97 Å². The molecule has 1 aliphatic heterocycles. The van der Waals surface area contributed by atoms with Gasteiger partial charge in [-0.2, -0.15) is 0 Å². The zero-order valence-electron chi connectivity index (χ0n) is 10.4. The minimum absolute atomic E-state index is 0.00625. The average Bonchev–Trinajstić information content (AvgIpc) is 2.78. The van der Waals surface area contributed by atoms with E-state index < -0.39 is 29.9 Å². The molecule has 1 N–H and O–H groups in total. The first-order chi connectivity index (χ1) is 9.33. The highest BCUT2D eigenvalue weighted by Gasteiger charge is 2.46. The number of likely N-dealkylation sites (tertiary alicyclic amines) is 1. The van der Waals surface area contributed by atoms with E-state index in [2.05, 4.69) is 0 Å². The van der Waals surface area contributed by atoms with Gasteiger partial charge in [0.2, 0.25) is 11.6 Å². The Bertz CT molecular complexity index is 546. The second kappa shape index (κ2) is 5.36. The second-order valence-electron chi connectivity index (χ2n) is 4.71. The van der Waals surface area contributed by atoms with Crippen molar-refractivity contribution in [3.8, 4) is 0 Å². The maximum absolute atomic E-state index is 13.8. The lowest BCUT2D eigenvalue weighted by atomic mass is 10.1. The lowest BCUT2D eigenvalue weighted by molar-refractivity contribution is -0.150. The molecule has 1 aromatic rings. The molecule has 4 nitrogen and oxygen atoms in total. The molecule has 0 radical (unpaired) electrons. The van der Waals surface area contributed by atoms with E-state index in [1.54, 1.807) is 0 Å². The molecule has 1 aromatic carbocycles. The van der Waals surface area contributed by atoms with Crippen molar-refractivity contribution < 1.29 is 23.5 Å². The SMILES string of the molecule is O=C(Cc1c(F)cccc1Cl)N1CCC(F)(C(=O)O)C1. The van der Waals surface area contributed by atoms with Gasteiger partial charge in [-0.25, -0.2) is 13.6 Å². The van der Waals surface area contributed by atoms with Crippen LogP contribution < -0.4 is 0 Å². The molecule has 0 aromatic heterocycles. The van der Waals surface area contributed by atoms with E-state index in [0.29, 0.717) is 0 Å². The molecule has 108 valence electrons. The summed E-state index contributed by atoms with van der Waals surface area (Å²) >= 11 is 5.81. The second-order valence-corrected chi connectivity index (χ2v) is 5.12. The number of aliphatic carboxylic acids is 1. The van der Waals surface area contributed by atoms with E-state index in [0.717, 1.165) is 4.90 Å². The summed E-state index contributed by atoms with van der Waals surface area (Å²) < 4.78 is 27.4. The highest BCUT2D eigenvalue weighted by atomic mass is 35.5. The first-order valence-electron chi connectivity index (χ1n) is 5.96. The molecular formula is C13H12ClF2NO3. The number of hydrogen-bond acceptors (Lipinski definition) is 2. The number of rotatable bonds is 3. The number of carbonyl (C=O) groups excluding carboxylic acids is 1. The van der Waals surface area contributed by atoms with Gasteiger partial charge in [0.25, 0.3) is 0 Å². The van der Waals surface area contributed by atoms with Crippen molar-refractivity contribution in [3.05, 3.63) is 34.6 Å². The Hall–Kier alpha value is -1.69. The molecule has 1 aliphatic rings. The van der Waals surface area contributed by atoms with Gasteiger partial charge in [0.1, 0.15) is 5.82 Å². The Kier molecular flexibility index (Phi) is 3.94. The molecule has 0 bridgehead atoms. The lowest BCUT2D eigenvalue weighted by Gasteiger charge is -2.18. The molecule has 1 unspecified atom stereocenters. The molecule has 1 amide bonds. The number of carboxylic acids is 1. The summed E-state index contributed by atoms with van der Waals surface area (Å²) in [7, 11) is 0. The quantitative estimate of drug-likeness (QED) is 0.930. The minimum Gasteiger partial charge on any atom is -0.479 e. The lowest BCUT2D eigenvalue weighted by Crippen LogP contribution is -2.39. The molecule has 1 heterocycles. The van der Waals surface area contributed by atoms with Gasteiger partial charge in [0.05, 0.1) is 13.0 Å². The smallest absolute Gasteiger partial charge is 0.343 e. The minimum atomic E-state index is -2.42. The fourth-order valence-electron chi connectivity index (χ4n) is 2.12. The van der Waals surface area contributed by atoms with Gasteiger partial charge < -0.3 is 10.0 Å². The van der Waals surface area contributed by atoms with Crippen LogP contribution in [-0.4, -0.2) is 40.6 Å². The highest BCUT2D eigenvalue weighted by molar-refractivity contribution is 6.31. The van der Waals surface area contributed by atoms with Crippen molar-refractivity contribution >= 4 is 23.5 Å². The van der Waals surface area contributed by atoms with Crippen molar-refractivity contribution in [2.24, 2.45) is 0 Å². The first kappa shape index (κ1) is 14.7. The summed E-state index contributed by atoms with van der Waals surface area (Å²) in [5, 5.41) is 8.87. The summed E-state index contributed by atoms with van der Waals surface area (Å²) in [5.41, 5.74) is -2.39. The van der Waals surface area contributed by atoms with Crippen LogP contribution in [0.25, 0.3) is 0 Å². The van der Waals surface area contributed by atoms with Crippen LogP contribution in [0.15, 0.2) is 18.2 Å². The van der Waals surface area contributed by atoms with Gasteiger partial charge in [-0.05, 0) is 12.1 Å². The maximum atomic E-state index is 13.8. The Morgan fingerprint density at radius 1 is 1.45 bits per heavy atom. The van der Waals surface area contributed by atoms with Crippen molar-refractivity contribution in [2.75, 3.05) is 13.1 Å². The van der Waals surface area contributed by atoms with Crippen LogP contribution in [0.4, 0.5) is 8.78 Å². The molecule has 0 spiro atoms. The molecule has 7 heteroatoms. The standard InChI is InChI=1S/C13H12ClF2NO3/c14-9-2-1-3-10(15)8(9)6-11(18)17-5-4-13(16,7-17)12(19)20/h1-3H,4-7H2,(H,19,20). The Morgan fingerprint density at radius 2 is 2.15 bits per heavy atom. The van der Waals surface area contributed by atoms with E-state index in [-0.39, 0.29) is 30.0 Å². The van der Waals surface area contributed by atoms with Gasteiger partial charge in [-0.1, -0.05) is 17.7 Å². The Morgan fingerprint density at radius 3 is 2.70 bits per heavy atom. The highest BCUT2D eigenvalue weighted by Crippen LogP contribution is 2.27. The Labute approximate surface area is 118 Å². The van der Waals surface area contributed by atoms with Gasteiger partial charge in [-0.15, -0.1) is 0 Å². The van der Waals surface area contributed by atoms with Gasteiger partial charge in [0, 0.05) is 23.6 Å². The zero-order chi connectivity index (χ0) is 14.9. The maximum Gasteiger partial charge on any atom is 0.343 e. The fraction of sp³-hybridized carbons (Fsp3) is 0.385. The monoisotopic (exact) mass is 303 g/mol. The van der Waals surface area contributed by atoms with Crippen LogP contribution in [-0.2, 0) is 16.0 Å². The number of hydrogen-bond donors (Lipinski definition) is 1. The topological polar surface area (TPSA) is 57.6 Å². The van der Waals surface area contributed by atoms with Crippen molar-refractivity contribution in [1.82, 2.24) is 4.90 Å². The summed E-state index contributed by atoms with van der Waals surface area (Å²) in [4.78, 5) is 23.8. The Balaban J connectivity index is 2.09. The van der Waals surface area contributed by atoms with Crippen molar-refractivity contribution in [1.29, 1.82) is 0 Å². The number of amides is 1. The van der Waals surface area contributed by atoms with Crippen LogP contribution in [0.2, 0.25) is 5.02 Å². The predicted octanol–water partition coefficient (Wildman–Crippen LogP) is 2.05. The summed E-state index contributed by atoms with van der Waals surface area (Å²) in [6.45, 7) is -0.527. The zero-order valence-corrected chi connectivity index (χ0v) is 11.2. The van der Waals surface area contributed by atoms with Crippen LogP contribution >= 0.6 is 11.6 Å². The van der Waals surface area contributed by atoms with E-state index in [4.69, 9.17) is 16.7 Å². The van der Waals surface area contributed by atoms with E-state index in [1.165, 1.54) is 18.2 Å². The number of carbonyl (C=O) groups is 2. The third-order valence-electron chi connectivity index (χ3n) is 3.35. The largest absolute Gasteiger partial charge is 0.479 e. The molecule has 20 heavy (non-hydrogen) atoms. The fourth-order valence-corrected chi connectivity index (χ4v) is 2.35. The number of nitrogens with zero attached hydrogens (tertiary/aromatic N) is 1. The van der Waals surface area contributed by atoms with E-state index >= 15 is 0 Å². The molecule has 0 aliphatic carbocycles. The van der Waals surface area contributed by atoms with Crippen molar-refractivity contribution in [2.45, 2.75) is 18.5 Å². The summed E-state index contributed by atoms with van der Waals surface area (Å²) in [6.07, 6.45) is -0.583. The molecule has 1 saturated heterocycles. The summed E-state index contributed by atoms with van der Waals surface area (Å²) in [5.74, 6) is -2.75. The third-order valence-corrected chi connectivity index (χ3v) is 3.70. The van der Waals surface area contributed by atoms with Crippen LogP contribution in [0, 0.1) is 5.82 Å². The summed E-state index contributed by atoms with van der Waals surface area (Å²) in [6, 6.07) is 4.04. The van der Waals surface area contributed by atoms with Crippen LogP contribution in [0.5, 0.6) is 0 Å². The van der Waals surface area contributed by atoms with E-state index in [9.17, 15) is 18.4 Å². The first-order valence-corrected chi connectivity index (χ1v) is 6.34. The number of benzene rings is 1. The van der Waals surface area contributed by atoms with Crippen LogP contribution in [0.1, 0.15) is 12.0 Å². The number of alkyl halides is 1. The van der Waals surface area contributed by atoms with Crippen LogP contribution in [0.3, 0.4) is 0 Å². The third kappa shape index (κ3) is 2.75. The molecule has 2 rings (SSSR count). The number of carboxylic acid groups (broad SMARTS) is 1. The number of halogens is 3. The predicted molar refractivity (Wildman–Crippen MR) is 67.8 cm³/mol. The average molecular weight is 304 g/mol. The molecule has 1 fully saturated rings. The molecular weight excluding hydrogens is 292 g/mol.